The van der Waals surface area contributed by atoms with Crippen molar-refractivity contribution in [3.05, 3.63) is 88.9 Å². The number of fused-ring (bicyclic) bond motifs is 1. The summed E-state index contributed by atoms with van der Waals surface area (Å²) in [6, 6.07) is 22.5. The summed E-state index contributed by atoms with van der Waals surface area (Å²) >= 11 is 4.54. The van der Waals surface area contributed by atoms with Crippen molar-refractivity contribution in [2.24, 2.45) is 0 Å². The maximum atomic E-state index is 12.5. The van der Waals surface area contributed by atoms with Crippen LogP contribution in [-0.2, 0) is 11.1 Å². The minimum Gasteiger partial charge on any atom is -0.373 e. The first-order valence-electron chi connectivity index (χ1n) is 10.9. The average molecular weight is 532 g/mol. The summed E-state index contributed by atoms with van der Waals surface area (Å²) in [5, 5.41) is 22.8. The molecule has 1 atom stereocenters. The number of benzene rings is 3. The highest BCUT2D eigenvalue weighted by Gasteiger charge is 2.22. The number of urea groups is 1. The summed E-state index contributed by atoms with van der Waals surface area (Å²) < 4.78 is 19.2. The maximum absolute atomic E-state index is 12.5. The van der Waals surface area contributed by atoms with Gasteiger partial charge in [0, 0.05) is 16.9 Å². The van der Waals surface area contributed by atoms with Gasteiger partial charge in [-0.1, -0.05) is 48.0 Å². The number of hydrogen-bond acceptors (Lipinski definition) is 6. The molecule has 0 fully saturated rings. The van der Waals surface area contributed by atoms with Crippen molar-refractivity contribution in [3.63, 3.8) is 0 Å². The molecule has 1 unspecified atom stereocenters. The molecule has 12 heteroatoms. The normalized spacial score (nSPS) is 11.6. The van der Waals surface area contributed by atoms with Crippen molar-refractivity contribution in [2.45, 2.75) is 11.8 Å². The number of nitriles is 1. The summed E-state index contributed by atoms with van der Waals surface area (Å²) in [6.45, 7) is 1.90. The van der Waals surface area contributed by atoms with E-state index >= 15 is 0 Å². The number of carbonyl (C=O) groups is 1. The molecule has 2 heterocycles. The van der Waals surface area contributed by atoms with Gasteiger partial charge in [-0.3, -0.25) is 5.10 Å². The number of halogens is 1. The van der Waals surface area contributed by atoms with Gasteiger partial charge in [-0.2, -0.15) is 5.26 Å². The van der Waals surface area contributed by atoms with Crippen molar-refractivity contribution in [2.75, 3.05) is 10.6 Å². The number of amides is 2. The van der Waals surface area contributed by atoms with Gasteiger partial charge in [0.05, 0.1) is 9.92 Å². The number of para-hydroxylation sites is 1. The fraction of sp³-hybridized carbons (Fsp3) is 0.0400. The van der Waals surface area contributed by atoms with Crippen LogP contribution in [0.3, 0.4) is 0 Å². The lowest BCUT2D eigenvalue weighted by atomic mass is 10.2. The first-order valence-corrected chi connectivity index (χ1v) is 12.4. The lowest BCUT2D eigenvalue weighted by molar-refractivity contribution is 0.262. The molecule has 0 aliphatic rings. The van der Waals surface area contributed by atoms with Gasteiger partial charge in [0.25, 0.3) is 5.88 Å². The zero-order valence-corrected chi connectivity index (χ0v) is 20.8. The Hall–Kier alpha value is -4.66. The van der Waals surface area contributed by atoms with Crippen LogP contribution in [0.4, 0.5) is 16.2 Å². The third-order valence-electron chi connectivity index (χ3n) is 5.33. The second-order valence-electron chi connectivity index (χ2n) is 7.82. The topological polar surface area (TPSA) is 137 Å². The van der Waals surface area contributed by atoms with Crippen LogP contribution in [0.15, 0.2) is 77.7 Å². The predicted octanol–water partition coefficient (Wildman–Crippen LogP) is 5.30. The summed E-state index contributed by atoms with van der Waals surface area (Å²) in [4.78, 5) is 17.4. The Morgan fingerprint density at radius 2 is 1.86 bits per heavy atom. The zero-order valence-electron chi connectivity index (χ0n) is 19.2. The number of nitrogens with one attached hydrogen (secondary N) is 3. The van der Waals surface area contributed by atoms with Gasteiger partial charge in [-0.05, 0) is 48.9 Å². The highest BCUT2D eigenvalue weighted by molar-refractivity contribution is 7.80. The zero-order chi connectivity index (χ0) is 25.9. The molecule has 10 nitrogen and oxygen atoms in total. The number of aromatic amines is 1. The van der Waals surface area contributed by atoms with Gasteiger partial charge in [0.2, 0.25) is 11.1 Å². The Bertz CT molecular complexity index is 1690. The van der Waals surface area contributed by atoms with E-state index in [9.17, 15) is 14.3 Å². The van der Waals surface area contributed by atoms with Gasteiger partial charge in [0.15, 0.2) is 17.0 Å². The van der Waals surface area contributed by atoms with Gasteiger partial charge < -0.3 is 14.8 Å². The molecule has 5 rings (SSSR count). The molecular formula is C25H18ClN7O3S. The molecule has 0 spiro atoms. The van der Waals surface area contributed by atoms with Gasteiger partial charge in [-0.15, -0.1) is 9.73 Å². The lowest BCUT2D eigenvalue weighted by Gasteiger charge is -2.11. The Balaban J connectivity index is 1.39. The highest BCUT2D eigenvalue weighted by Crippen LogP contribution is 2.31. The van der Waals surface area contributed by atoms with Crippen LogP contribution >= 0.6 is 11.6 Å². The monoisotopic (exact) mass is 531 g/mol. The van der Waals surface area contributed by atoms with Gasteiger partial charge in [-0.25, -0.2) is 14.0 Å². The van der Waals surface area contributed by atoms with Crippen LogP contribution in [0, 0.1) is 18.3 Å². The van der Waals surface area contributed by atoms with Crippen LogP contribution in [0.25, 0.3) is 17.0 Å². The number of carbonyl (C=O) groups excluding carboxylic acids is 1. The second-order valence-corrected chi connectivity index (χ2v) is 9.33. The smallest absolute Gasteiger partial charge is 0.323 e. The Morgan fingerprint density at radius 3 is 2.62 bits per heavy atom. The standard InChI is InChI=1S/C25H18ClN7O3S/c1-15-7-5-6-10-21(15)29-25(34)28-16-11-12-20(26)18(13-16)22-30-23-19(14-27)24(32-33(23)31-22)36-37(35)17-8-3-2-4-9-17/h2-13H,1H3,(H,30,31)(H2,28,29,34). The minimum absolute atomic E-state index is 0.00907. The van der Waals surface area contributed by atoms with Gasteiger partial charge >= 0.3 is 6.03 Å². The maximum Gasteiger partial charge on any atom is 0.323 e. The minimum atomic E-state index is -1.86. The second kappa shape index (κ2) is 10.1. The molecule has 0 radical (unpaired) electrons. The van der Waals surface area contributed by atoms with E-state index in [1.165, 1.54) is 4.63 Å². The number of rotatable bonds is 6. The van der Waals surface area contributed by atoms with Crippen LogP contribution < -0.4 is 14.8 Å². The van der Waals surface area contributed by atoms with Crippen molar-refractivity contribution in [1.29, 1.82) is 5.26 Å². The Morgan fingerprint density at radius 1 is 1.11 bits per heavy atom. The Kier molecular flexibility index (Phi) is 6.59. The van der Waals surface area contributed by atoms with E-state index in [0.717, 1.165) is 5.56 Å². The molecule has 0 aliphatic heterocycles. The van der Waals surface area contributed by atoms with E-state index in [-0.39, 0.29) is 17.1 Å². The van der Waals surface area contributed by atoms with Crippen molar-refractivity contribution in [1.82, 2.24) is 19.8 Å². The van der Waals surface area contributed by atoms with Crippen molar-refractivity contribution >= 4 is 45.7 Å². The van der Waals surface area contributed by atoms with Crippen molar-refractivity contribution < 1.29 is 13.2 Å². The number of hydrogen-bond donors (Lipinski definition) is 3. The fourth-order valence-corrected chi connectivity index (χ4v) is 4.46. The van der Waals surface area contributed by atoms with E-state index < -0.39 is 17.1 Å². The summed E-state index contributed by atoms with van der Waals surface area (Å²) in [6.07, 6.45) is 0. The first kappa shape index (κ1) is 24.1. The number of aromatic nitrogens is 4. The van der Waals surface area contributed by atoms with Crippen LogP contribution in [0.2, 0.25) is 5.02 Å². The molecule has 3 N–H and O–H groups in total. The number of H-pyrrole nitrogens is 1. The molecule has 3 aromatic carbocycles. The summed E-state index contributed by atoms with van der Waals surface area (Å²) in [7, 11) is 0. The Labute approximate surface area is 218 Å². The van der Waals surface area contributed by atoms with Crippen molar-refractivity contribution in [3.8, 4) is 23.3 Å². The molecule has 0 aliphatic carbocycles. The van der Waals surface area contributed by atoms with E-state index in [1.54, 1.807) is 54.6 Å². The highest BCUT2D eigenvalue weighted by atomic mass is 35.5. The lowest BCUT2D eigenvalue weighted by Crippen LogP contribution is -2.19. The molecular weight excluding hydrogens is 514 g/mol. The molecule has 37 heavy (non-hydrogen) atoms. The third kappa shape index (κ3) is 5.02. The summed E-state index contributed by atoms with van der Waals surface area (Å²) in [5.41, 5.74) is 2.75. The predicted molar refractivity (Wildman–Crippen MR) is 140 cm³/mol. The van der Waals surface area contributed by atoms with Crippen LogP contribution in [0.5, 0.6) is 5.88 Å². The third-order valence-corrected chi connectivity index (χ3v) is 6.63. The van der Waals surface area contributed by atoms with E-state index in [0.29, 0.717) is 32.7 Å². The summed E-state index contributed by atoms with van der Waals surface area (Å²) in [5.74, 6) is 0.187. The van der Waals surface area contributed by atoms with E-state index in [4.69, 9.17) is 15.8 Å². The van der Waals surface area contributed by atoms with E-state index in [1.807, 2.05) is 31.2 Å². The van der Waals surface area contributed by atoms with Crippen LogP contribution in [-0.4, -0.2) is 30.1 Å². The fourth-order valence-electron chi connectivity index (χ4n) is 3.51. The number of anilines is 2. The molecule has 2 amide bonds. The average Bonchev–Trinajstić information content (AvgIpc) is 3.44. The quantitative estimate of drug-likeness (QED) is 0.272. The number of aryl methyl sites for hydroxylation is 1. The molecule has 0 saturated carbocycles. The SMILES string of the molecule is Cc1ccccc1NC(=O)Nc1ccc(Cl)c(-c2nc3c(C#N)c(OS(=O)c4ccccc4)nn3[nH]2)c1. The first-order chi connectivity index (χ1) is 17.9. The molecule has 0 bridgehead atoms. The molecule has 2 aromatic heterocycles. The van der Waals surface area contributed by atoms with Gasteiger partial charge in [0.1, 0.15) is 6.07 Å². The number of nitrogens with zero attached hydrogens (tertiary/aromatic N) is 4. The van der Waals surface area contributed by atoms with Crippen LogP contribution in [0.1, 0.15) is 11.1 Å². The van der Waals surface area contributed by atoms with E-state index in [2.05, 4.69) is 25.8 Å². The molecule has 184 valence electrons. The molecule has 0 saturated heterocycles. The molecule has 5 aromatic rings. The largest absolute Gasteiger partial charge is 0.373 e.